The average Bonchev–Trinajstić information content (AvgIpc) is 2.26. The normalized spacial score (nSPS) is 11.6. The van der Waals surface area contributed by atoms with Crippen molar-refractivity contribution in [2.24, 2.45) is 5.41 Å². The van der Waals surface area contributed by atoms with Crippen LogP contribution in [-0.2, 0) is 4.79 Å². The van der Waals surface area contributed by atoms with Crippen LogP contribution in [0.1, 0.15) is 26.3 Å². The van der Waals surface area contributed by atoms with E-state index in [1.165, 1.54) is 6.07 Å². The van der Waals surface area contributed by atoms with Crippen molar-refractivity contribution in [1.82, 2.24) is 9.97 Å². The highest BCUT2D eigenvalue weighted by Gasteiger charge is 2.21. The van der Waals surface area contributed by atoms with Gasteiger partial charge in [-0.25, -0.2) is 4.98 Å². The van der Waals surface area contributed by atoms with Crippen LogP contribution in [0.2, 0.25) is 0 Å². The summed E-state index contributed by atoms with van der Waals surface area (Å²) >= 11 is 0. The smallest absolute Gasteiger partial charge is 0.249 e. The van der Waals surface area contributed by atoms with Crippen molar-refractivity contribution in [1.29, 1.82) is 0 Å². The summed E-state index contributed by atoms with van der Waals surface area (Å²) in [6.45, 7) is 7.34. The number of carbonyl (C=O) groups excluding carboxylic acids is 1. The molecule has 0 aromatic carbocycles. The van der Waals surface area contributed by atoms with Gasteiger partial charge in [-0.2, -0.15) is 0 Å². The highest BCUT2D eigenvalue weighted by Crippen LogP contribution is 2.19. The van der Waals surface area contributed by atoms with Gasteiger partial charge >= 0.3 is 0 Å². The predicted molar refractivity (Wildman–Crippen MR) is 75.2 cm³/mol. The quantitative estimate of drug-likeness (QED) is 0.824. The van der Waals surface area contributed by atoms with Crippen LogP contribution in [0.3, 0.4) is 0 Å². The van der Waals surface area contributed by atoms with Gasteiger partial charge in [0.15, 0.2) is 0 Å². The molecule has 100 valence electrons. The van der Waals surface area contributed by atoms with Gasteiger partial charge in [0.1, 0.15) is 11.5 Å². The van der Waals surface area contributed by atoms with Crippen molar-refractivity contribution < 1.29 is 4.79 Å². The first-order valence-corrected chi connectivity index (χ1v) is 6.09. The second-order valence-electron chi connectivity index (χ2n) is 5.61. The number of carbonyl (C=O) groups is 1. The van der Waals surface area contributed by atoms with Gasteiger partial charge in [-0.1, -0.05) is 20.8 Å². The van der Waals surface area contributed by atoms with Crippen molar-refractivity contribution in [3.8, 4) is 0 Å². The number of aromatic nitrogens is 2. The van der Waals surface area contributed by atoms with Gasteiger partial charge in [-0.05, 0) is 24.6 Å². The molecule has 0 radical (unpaired) electrons. The maximum atomic E-state index is 11.9. The summed E-state index contributed by atoms with van der Waals surface area (Å²) in [5.74, 6) is 0.322. The van der Waals surface area contributed by atoms with Gasteiger partial charge in [0, 0.05) is 16.9 Å². The molecule has 5 nitrogen and oxygen atoms in total. The third-order valence-electron chi connectivity index (χ3n) is 2.83. The van der Waals surface area contributed by atoms with E-state index in [9.17, 15) is 9.59 Å². The third-order valence-corrected chi connectivity index (χ3v) is 2.83. The lowest BCUT2D eigenvalue weighted by Crippen LogP contribution is -2.28. The van der Waals surface area contributed by atoms with Gasteiger partial charge in [0.25, 0.3) is 0 Å². The van der Waals surface area contributed by atoms with Gasteiger partial charge in [-0.3, -0.25) is 9.59 Å². The van der Waals surface area contributed by atoms with E-state index < -0.39 is 5.41 Å². The number of pyridine rings is 2. The van der Waals surface area contributed by atoms with E-state index in [1.807, 2.05) is 33.8 Å². The van der Waals surface area contributed by atoms with E-state index in [4.69, 9.17) is 0 Å². The first-order chi connectivity index (χ1) is 8.77. The molecule has 0 saturated heterocycles. The summed E-state index contributed by atoms with van der Waals surface area (Å²) in [5, 5.41) is 3.61. The lowest BCUT2D eigenvalue weighted by molar-refractivity contribution is -0.123. The van der Waals surface area contributed by atoms with Gasteiger partial charge in [0.05, 0.1) is 0 Å². The Morgan fingerprint density at radius 3 is 2.63 bits per heavy atom. The number of aromatic amines is 1. The van der Waals surface area contributed by atoms with Gasteiger partial charge < -0.3 is 10.3 Å². The molecule has 0 aliphatic carbocycles. The Labute approximate surface area is 111 Å². The summed E-state index contributed by atoms with van der Waals surface area (Å²) in [7, 11) is 0. The van der Waals surface area contributed by atoms with Crippen LogP contribution in [0.4, 0.5) is 5.82 Å². The molecule has 0 bridgehead atoms. The van der Waals surface area contributed by atoms with E-state index in [0.29, 0.717) is 11.5 Å². The molecule has 2 rings (SSSR count). The minimum Gasteiger partial charge on any atom is -0.310 e. The predicted octanol–water partition coefficient (Wildman–Crippen LogP) is 2.22. The number of rotatable bonds is 1. The highest BCUT2D eigenvalue weighted by atomic mass is 16.2. The number of hydrogen-bond acceptors (Lipinski definition) is 3. The summed E-state index contributed by atoms with van der Waals surface area (Å²) in [5.41, 5.74) is 0.657. The Balaban J connectivity index is 2.42. The summed E-state index contributed by atoms with van der Waals surface area (Å²) in [4.78, 5) is 30.2. The minimum absolute atomic E-state index is 0.116. The molecule has 0 unspecified atom stereocenters. The molecular formula is C14H17N3O2. The standard InChI is InChI=1S/C14H17N3O2/c1-8-7-11(18)17-12-9(8)5-6-10(15-12)16-13(19)14(2,3)4/h5-7H,1-4H3,(H2,15,16,17,18,19). The number of hydrogen-bond donors (Lipinski definition) is 2. The summed E-state index contributed by atoms with van der Waals surface area (Å²) in [6, 6.07) is 5.10. The van der Waals surface area contributed by atoms with Gasteiger partial charge in [0.2, 0.25) is 11.5 Å². The Hall–Kier alpha value is -2.17. The fraction of sp³-hybridized carbons (Fsp3) is 0.357. The fourth-order valence-electron chi connectivity index (χ4n) is 1.67. The largest absolute Gasteiger partial charge is 0.310 e. The molecule has 0 saturated carbocycles. The molecule has 0 fully saturated rings. The number of anilines is 1. The first kappa shape index (κ1) is 13.3. The molecular weight excluding hydrogens is 242 g/mol. The molecule has 0 aliphatic heterocycles. The summed E-state index contributed by atoms with van der Waals surface area (Å²) < 4.78 is 0. The first-order valence-electron chi connectivity index (χ1n) is 6.09. The van der Waals surface area contributed by atoms with Crippen molar-refractivity contribution in [3.05, 3.63) is 34.1 Å². The molecule has 2 aromatic rings. The third kappa shape index (κ3) is 2.81. The Morgan fingerprint density at radius 1 is 1.32 bits per heavy atom. The van der Waals surface area contributed by atoms with Gasteiger partial charge in [-0.15, -0.1) is 0 Å². The molecule has 2 heterocycles. The summed E-state index contributed by atoms with van der Waals surface area (Å²) in [6.07, 6.45) is 0. The van der Waals surface area contributed by atoms with E-state index in [1.54, 1.807) is 6.07 Å². The zero-order chi connectivity index (χ0) is 14.2. The number of aryl methyl sites for hydroxylation is 1. The average molecular weight is 259 g/mol. The molecule has 5 heteroatoms. The number of H-pyrrole nitrogens is 1. The van der Waals surface area contributed by atoms with Crippen LogP contribution in [0.5, 0.6) is 0 Å². The topological polar surface area (TPSA) is 74.8 Å². The van der Waals surface area contributed by atoms with Crippen LogP contribution in [0.15, 0.2) is 23.0 Å². The number of nitrogens with zero attached hydrogens (tertiary/aromatic N) is 1. The molecule has 0 atom stereocenters. The minimum atomic E-state index is -0.489. The Kier molecular flexibility index (Phi) is 3.14. The molecule has 0 spiro atoms. The number of nitrogens with one attached hydrogen (secondary N) is 2. The van der Waals surface area contributed by atoms with Crippen molar-refractivity contribution in [3.63, 3.8) is 0 Å². The Bertz CT molecular complexity index is 696. The van der Waals surface area contributed by atoms with Crippen LogP contribution < -0.4 is 10.9 Å². The zero-order valence-electron chi connectivity index (χ0n) is 11.5. The van der Waals surface area contributed by atoms with E-state index in [0.717, 1.165) is 10.9 Å². The van der Waals surface area contributed by atoms with Crippen LogP contribution in [0.25, 0.3) is 11.0 Å². The lowest BCUT2D eigenvalue weighted by atomic mass is 9.96. The molecule has 1 amide bonds. The number of fused-ring (bicyclic) bond motifs is 1. The maximum absolute atomic E-state index is 11.9. The van der Waals surface area contributed by atoms with Crippen molar-refractivity contribution >= 4 is 22.8 Å². The molecule has 19 heavy (non-hydrogen) atoms. The van der Waals surface area contributed by atoms with E-state index in [2.05, 4.69) is 15.3 Å². The fourth-order valence-corrected chi connectivity index (χ4v) is 1.67. The van der Waals surface area contributed by atoms with Crippen molar-refractivity contribution in [2.45, 2.75) is 27.7 Å². The molecule has 0 aliphatic rings. The second kappa shape index (κ2) is 4.50. The molecule has 2 aromatic heterocycles. The monoisotopic (exact) mass is 259 g/mol. The highest BCUT2D eigenvalue weighted by molar-refractivity contribution is 5.94. The second-order valence-corrected chi connectivity index (χ2v) is 5.61. The van der Waals surface area contributed by atoms with Crippen LogP contribution >= 0.6 is 0 Å². The van der Waals surface area contributed by atoms with Crippen molar-refractivity contribution in [2.75, 3.05) is 5.32 Å². The number of amides is 1. The molecule has 2 N–H and O–H groups in total. The van der Waals surface area contributed by atoms with E-state index >= 15 is 0 Å². The van der Waals surface area contributed by atoms with E-state index in [-0.39, 0.29) is 11.5 Å². The lowest BCUT2D eigenvalue weighted by Gasteiger charge is -2.17. The zero-order valence-corrected chi connectivity index (χ0v) is 11.5. The Morgan fingerprint density at radius 2 is 2.00 bits per heavy atom. The van der Waals surface area contributed by atoms with Crippen LogP contribution in [0, 0.1) is 12.3 Å². The van der Waals surface area contributed by atoms with Crippen LogP contribution in [-0.4, -0.2) is 15.9 Å². The maximum Gasteiger partial charge on any atom is 0.249 e. The SMILES string of the molecule is Cc1cc(=O)[nH]c2nc(NC(=O)C(C)(C)C)ccc12.